The van der Waals surface area contributed by atoms with Crippen LogP contribution in [0.25, 0.3) is 10.9 Å². The second-order valence-corrected chi connectivity index (χ2v) is 8.42. The number of carbonyl (C=O) groups excluding carboxylic acids is 1. The first-order valence-electron chi connectivity index (χ1n) is 6.86. The van der Waals surface area contributed by atoms with Gasteiger partial charge >= 0.3 is 5.97 Å². The van der Waals surface area contributed by atoms with Crippen LogP contribution in [-0.2, 0) is 14.6 Å². The summed E-state index contributed by atoms with van der Waals surface area (Å²) >= 11 is 7.79. The van der Waals surface area contributed by atoms with Crippen molar-refractivity contribution in [2.24, 2.45) is 0 Å². The minimum atomic E-state index is -4.02. The summed E-state index contributed by atoms with van der Waals surface area (Å²) in [6, 6.07) is 8.79. The molecule has 0 aliphatic carbocycles. The van der Waals surface area contributed by atoms with Gasteiger partial charge in [0.2, 0.25) is 9.84 Å². The Hall–Kier alpha value is -1.65. The molecular formula is C16H10ClFINO4S. The van der Waals surface area contributed by atoms with Crippen molar-refractivity contribution in [2.75, 3.05) is 7.11 Å². The lowest BCUT2D eigenvalue weighted by atomic mass is 10.2. The Morgan fingerprint density at radius 3 is 2.52 bits per heavy atom. The molecule has 0 spiro atoms. The van der Waals surface area contributed by atoms with Gasteiger partial charge in [-0.2, -0.15) is 0 Å². The van der Waals surface area contributed by atoms with Gasteiger partial charge in [-0.05, 0) is 40.8 Å². The lowest BCUT2D eigenvalue weighted by molar-refractivity contribution is 0.0594. The minimum absolute atomic E-state index is 0.00917. The van der Waals surface area contributed by atoms with Gasteiger partial charge in [-0.15, -0.1) is 0 Å². The van der Waals surface area contributed by atoms with Crippen molar-refractivity contribution in [3.63, 3.8) is 0 Å². The van der Waals surface area contributed by atoms with Crippen LogP contribution in [0, 0.1) is 9.39 Å². The molecule has 3 aromatic rings. The number of benzene rings is 2. The van der Waals surface area contributed by atoms with Gasteiger partial charge in [-0.3, -0.25) is 0 Å². The summed E-state index contributed by atoms with van der Waals surface area (Å²) in [5.74, 6) is -1.60. The van der Waals surface area contributed by atoms with Gasteiger partial charge in [0, 0.05) is 0 Å². The fourth-order valence-electron chi connectivity index (χ4n) is 2.40. The van der Waals surface area contributed by atoms with E-state index in [4.69, 9.17) is 11.6 Å². The van der Waals surface area contributed by atoms with Crippen LogP contribution < -0.4 is 0 Å². The zero-order valence-electron chi connectivity index (χ0n) is 12.6. The van der Waals surface area contributed by atoms with E-state index in [2.05, 4.69) is 9.72 Å². The molecule has 0 saturated heterocycles. The van der Waals surface area contributed by atoms with Gasteiger partial charge in [0.05, 0.1) is 36.4 Å². The first-order chi connectivity index (χ1) is 11.8. The van der Waals surface area contributed by atoms with Crippen LogP contribution >= 0.6 is 34.2 Å². The lowest BCUT2D eigenvalue weighted by Crippen LogP contribution is -2.04. The summed E-state index contributed by atoms with van der Waals surface area (Å²) in [5, 5.41) is -0.484. The number of hydrogen-bond acceptors (Lipinski definition) is 4. The molecule has 0 radical (unpaired) electrons. The third-order valence-electron chi connectivity index (χ3n) is 3.60. The number of esters is 1. The molecule has 3 rings (SSSR count). The maximum atomic E-state index is 14.8. The van der Waals surface area contributed by atoms with Crippen molar-refractivity contribution in [2.45, 2.75) is 9.79 Å². The Bertz CT molecular complexity index is 1100. The van der Waals surface area contributed by atoms with Crippen molar-refractivity contribution in [1.82, 2.24) is 4.98 Å². The van der Waals surface area contributed by atoms with E-state index < -0.39 is 26.6 Å². The smallest absolute Gasteiger partial charge is 0.355 e. The normalized spacial score (nSPS) is 11.7. The predicted octanol–water partition coefficient (Wildman–Crippen LogP) is 4.18. The number of halogens is 3. The van der Waals surface area contributed by atoms with Crippen molar-refractivity contribution in [3.05, 3.63) is 56.5 Å². The topological polar surface area (TPSA) is 76.2 Å². The molecule has 5 nitrogen and oxygen atoms in total. The highest BCUT2D eigenvalue weighted by Crippen LogP contribution is 2.37. The highest BCUT2D eigenvalue weighted by Gasteiger charge is 2.28. The second kappa shape index (κ2) is 6.58. The number of hydrogen-bond donors (Lipinski definition) is 1. The number of rotatable bonds is 3. The third kappa shape index (κ3) is 2.91. The van der Waals surface area contributed by atoms with Gasteiger partial charge in [-0.25, -0.2) is 17.6 Å². The number of sulfone groups is 1. The van der Waals surface area contributed by atoms with E-state index in [1.54, 1.807) is 40.8 Å². The molecule has 1 aromatic heterocycles. The van der Waals surface area contributed by atoms with Gasteiger partial charge in [-0.1, -0.05) is 29.8 Å². The van der Waals surface area contributed by atoms with Gasteiger partial charge in [0.15, 0.2) is 5.82 Å². The highest BCUT2D eigenvalue weighted by molar-refractivity contribution is 14.1. The van der Waals surface area contributed by atoms with Crippen molar-refractivity contribution >= 4 is 60.9 Å². The zero-order valence-corrected chi connectivity index (χ0v) is 16.4. The summed E-state index contributed by atoms with van der Waals surface area (Å²) < 4.78 is 45.2. The van der Waals surface area contributed by atoms with Crippen molar-refractivity contribution in [1.29, 1.82) is 0 Å². The minimum Gasteiger partial charge on any atom is -0.464 e. The van der Waals surface area contributed by atoms with Crippen LogP contribution in [0.15, 0.2) is 46.2 Å². The Labute approximate surface area is 161 Å². The van der Waals surface area contributed by atoms with Crippen LogP contribution in [0.2, 0.25) is 5.02 Å². The number of aromatic amines is 1. The van der Waals surface area contributed by atoms with E-state index in [-0.39, 0.29) is 30.0 Å². The van der Waals surface area contributed by atoms with E-state index >= 15 is 0 Å². The molecule has 0 atom stereocenters. The molecule has 0 aliphatic rings. The van der Waals surface area contributed by atoms with E-state index in [1.807, 2.05) is 0 Å². The lowest BCUT2D eigenvalue weighted by Gasteiger charge is -2.08. The third-order valence-corrected chi connectivity index (χ3v) is 6.96. The Kier molecular flexibility index (Phi) is 4.78. The van der Waals surface area contributed by atoms with Gasteiger partial charge in [0.1, 0.15) is 5.69 Å². The van der Waals surface area contributed by atoms with Crippen molar-refractivity contribution < 1.29 is 22.3 Å². The molecule has 130 valence electrons. The van der Waals surface area contributed by atoms with Crippen molar-refractivity contribution in [3.8, 4) is 0 Å². The molecule has 0 bridgehead atoms. The fraction of sp³-hybridized carbons (Fsp3) is 0.0625. The maximum absolute atomic E-state index is 14.8. The van der Waals surface area contributed by atoms with E-state index in [0.717, 1.165) is 0 Å². The quantitative estimate of drug-likeness (QED) is 0.439. The summed E-state index contributed by atoms with van der Waals surface area (Å²) in [5.41, 5.74) is 0.170. The van der Waals surface area contributed by atoms with Crippen LogP contribution in [0.4, 0.5) is 4.39 Å². The summed E-state index contributed by atoms with van der Waals surface area (Å²) in [7, 11) is -2.83. The predicted molar refractivity (Wildman–Crippen MR) is 99.2 cm³/mol. The molecule has 0 unspecified atom stereocenters. The molecule has 0 aliphatic heterocycles. The second-order valence-electron chi connectivity index (χ2n) is 5.05. The van der Waals surface area contributed by atoms with E-state index in [0.29, 0.717) is 0 Å². The monoisotopic (exact) mass is 493 g/mol. The molecule has 9 heteroatoms. The average molecular weight is 494 g/mol. The Morgan fingerprint density at radius 1 is 1.28 bits per heavy atom. The summed E-state index contributed by atoms with van der Waals surface area (Å²) in [6.07, 6.45) is 0. The first kappa shape index (κ1) is 18.2. The number of fused-ring (bicyclic) bond motifs is 1. The largest absolute Gasteiger partial charge is 0.464 e. The number of ether oxygens (including phenoxy) is 1. The molecule has 1 N–H and O–H groups in total. The molecule has 0 fully saturated rings. The standard InChI is InChI=1S/C16H10ClFINO4S/c1-24-16(21)15-14(19)11-9(20-15)7-10(12(17)13(11)18)25(22,23)8-5-3-2-4-6-8/h2-7,20H,1H3. The van der Waals surface area contributed by atoms with Gasteiger partial charge in [0.25, 0.3) is 0 Å². The first-order valence-corrected chi connectivity index (χ1v) is 9.80. The SMILES string of the molecule is COC(=O)c1[nH]c2cc(S(=O)(=O)c3ccccc3)c(Cl)c(F)c2c1I. The Morgan fingerprint density at radius 2 is 1.92 bits per heavy atom. The Balaban J connectivity index is 2.32. The van der Waals surface area contributed by atoms with E-state index in [9.17, 15) is 17.6 Å². The number of nitrogens with one attached hydrogen (secondary N) is 1. The molecule has 25 heavy (non-hydrogen) atoms. The molecule has 0 amide bonds. The number of methoxy groups -OCH3 is 1. The average Bonchev–Trinajstić information content (AvgIpc) is 2.94. The molecule has 1 heterocycles. The fourth-order valence-corrected chi connectivity index (χ4v) is 5.10. The molecular weight excluding hydrogens is 484 g/mol. The van der Waals surface area contributed by atoms with Crippen LogP contribution in [0.3, 0.4) is 0 Å². The van der Waals surface area contributed by atoms with Gasteiger partial charge < -0.3 is 9.72 Å². The molecule has 0 saturated carbocycles. The van der Waals surface area contributed by atoms with Crippen LogP contribution in [-0.4, -0.2) is 26.5 Å². The summed E-state index contributed by atoms with van der Waals surface area (Å²) in [4.78, 5) is 14.1. The summed E-state index contributed by atoms with van der Waals surface area (Å²) in [6.45, 7) is 0. The maximum Gasteiger partial charge on any atom is 0.355 e. The van der Waals surface area contributed by atoms with E-state index in [1.165, 1.54) is 25.3 Å². The molecule has 2 aromatic carbocycles. The van der Waals surface area contributed by atoms with Crippen LogP contribution in [0.5, 0.6) is 0 Å². The number of aromatic nitrogens is 1. The van der Waals surface area contributed by atoms with Crippen LogP contribution in [0.1, 0.15) is 10.5 Å². The zero-order chi connectivity index (χ0) is 18.4. The highest BCUT2D eigenvalue weighted by atomic mass is 127. The number of H-pyrrole nitrogens is 1. The number of carbonyl (C=O) groups is 1.